The van der Waals surface area contributed by atoms with Gasteiger partial charge in [-0.15, -0.1) is 0 Å². The molecule has 1 aliphatic carbocycles. The Balaban J connectivity index is 2.14. The van der Waals surface area contributed by atoms with Gasteiger partial charge in [-0.2, -0.15) is 0 Å². The summed E-state index contributed by atoms with van der Waals surface area (Å²) < 4.78 is 0. The molecular weight excluding hydrogens is 236 g/mol. The predicted octanol–water partition coefficient (Wildman–Crippen LogP) is 3.76. The Morgan fingerprint density at radius 1 is 0.737 bits per heavy atom. The average molecular weight is 246 g/mol. The highest BCUT2D eigenvalue weighted by atomic mass is 16.3. The molecule has 0 spiro atoms. The van der Waals surface area contributed by atoms with E-state index in [1.165, 1.54) is 0 Å². The number of phenolic OH excluding ortho intramolecular Hbond substituents is 1. The molecule has 0 amide bonds. The Morgan fingerprint density at radius 3 is 2.16 bits per heavy atom. The highest BCUT2D eigenvalue weighted by molar-refractivity contribution is 6.24. The van der Waals surface area contributed by atoms with E-state index in [-0.39, 0.29) is 11.5 Å². The summed E-state index contributed by atoms with van der Waals surface area (Å²) >= 11 is 0. The van der Waals surface area contributed by atoms with Crippen molar-refractivity contribution >= 4 is 16.6 Å². The van der Waals surface area contributed by atoms with Crippen molar-refractivity contribution in [3.63, 3.8) is 0 Å². The molecule has 1 N–H and O–H groups in total. The molecule has 0 atom stereocenters. The lowest BCUT2D eigenvalue weighted by Crippen LogP contribution is -1.95. The third-order valence-electron chi connectivity index (χ3n) is 3.69. The van der Waals surface area contributed by atoms with E-state index >= 15 is 0 Å². The van der Waals surface area contributed by atoms with Crippen LogP contribution in [0.3, 0.4) is 0 Å². The van der Waals surface area contributed by atoms with Crippen LogP contribution in [-0.4, -0.2) is 10.9 Å². The monoisotopic (exact) mass is 246 g/mol. The number of aromatic hydroxyl groups is 1. The summed E-state index contributed by atoms with van der Waals surface area (Å²) in [4.78, 5) is 12.4. The van der Waals surface area contributed by atoms with Gasteiger partial charge >= 0.3 is 0 Å². The molecule has 0 aliphatic heterocycles. The highest BCUT2D eigenvalue weighted by Crippen LogP contribution is 2.42. The van der Waals surface area contributed by atoms with Gasteiger partial charge in [-0.05, 0) is 40.1 Å². The zero-order chi connectivity index (χ0) is 13.0. The number of ketones is 1. The van der Waals surface area contributed by atoms with Gasteiger partial charge in [0, 0.05) is 5.56 Å². The first-order chi connectivity index (χ1) is 9.25. The topological polar surface area (TPSA) is 37.3 Å². The van der Waals surface area contributed by atoms with E-state index in [0.717, 1.165) is 21.9 Å². The van der Waals surface area contributed by atoms with Crippen LogP contribution in [0, 0.1) is 0 Å². The van der Waals surface area contributed by atoms with Gasteiger partial charge in [-0.25, -0.2) is 0 Å². The van der Waals surface area contributed by atoms with Crippen molar-refractivity contribution in [2.75, 3.05) is 0 Å². The standard InChI is InChI=1S/C17H10O2/c18-15-7-3-6-12-13-8-10-4-1-2-5-11(10)9-14(13)17(19)16(12)15/h1-9,18H. The van der Waals surface area contributed by atoms with Crippen molar-refractivity contribution in [1.29, 1.82) is 0 Å². The molecule has 1 aliphatic rings. The van der Waals surface area contributed by atoms with Crippen LogP contribution in [0.2, 0.25) is 0 Å². The molecule has 0 bridgehead atoms. The molecule has 0 saturated carbocycles. The third kappa shape index (κ3) is 1.28. The van der Waals surface area contributed by atoms with E-state index < -0.39 is 0 Å². The Bertz CT molecular complexity index is 847. The Hall–Kier alpha value is -2.61. The molecule has 0 fully saturated rings. The molecule has 0 unspecified atom stereocenters. The minimum Gasteiger partial charge on any atom is -0.507 e. The number of carbonyl (C=O) groups excluding carboxylic acids is 1. The first-order valence-corrected chi connectivity index (χ1v) is 6.15. The molecule has 2 heteroatoms. The Kier molecular flexibility index (Phi) is 1.88. The summed E-state index contributed by atoms with van der Waals surface area (Å²) in [6, 6.07) is 17.1. The van der Waals surface area contributed by atoms with E-state index in [0.29, 0.717) is 11.1 Å². The maximum atomic E-state index is 12.4. The van der Waals surface area contributed by atoms with Gasteiger partial charge in [0.05, 0.1) is 5.56 Å². The molecule has 3 aromatic carbocycles. The largest absolute Gasteiger partial charge is 0.507 e. The van der Waals surface area contributed by atoms with Crippen LogP contribution in [-0.2, 0) is 0 Å². The van der Waals surface area contributed by atoms with Gasteiger partial charge in [-0.3, -0.25) is 4.79 Å². The molecule has 0 aromatic heterocycles. The van der Waals surface area contributed by atoms with Gasteiger partial charge in [-0.1, -0.05) is 36.4 Å². The Morgan fingerprint density at radius 2 is 1.42 bits per heavy atom. The first kappa shape index (κ1) is 10.3. The van der Waals surface area contributed by atoms with Crippen LogP contribution in [0.5, 0.6) is 5.75 Å². The van der Waals surface area contributed by atoms with Crippen molar-refractivity contribution in [3.05, 3.63) is 65.7 Å². The van der Waals surface area contributed by atoms with E-state index in [2.05, 4.69) is 0 Å². The van der Waals surface area contributed by atoms with Crippen LogP contribution in [0.25, 0.3) is 21.9 Å². The number of rotatable bonds is 0. The molecule has 0 radical (unpaired) electrons. The molecule has 2 nitrogen and oxygen atoms in total. The quantitative estimate of drug-likeness (QED) is 0.513. The minimum atomic E-state index is -0.0890. The molecule has 19 heavy (non-hydrogen) atoms. The molecule has 0 heterocycles. The lowest BCUT2D eigenvalue weighted by Gasteiger charge is -2.03. The average Bonchev–Trinajstić information content (AvgIpc) is 2.71. The summed E-state index contributed by atoms with van der Waals surface area (Å²) in [5.41, 5.74) is 2.84. The molecule has 4 rings (SSSR count). The van der Waals surface area contributed by atoms with E-state index in [4.69, 9.17) is 0 Å². The third-order valence-corrected chi connectivity index (χ3v) is 3.69. The van der Waals surface area contributed by atoms with E-state index in [1.807, 2.05) is 42.5 Å². The summed E-state index contributed by atoms with van der Waals surface area (Å²) in [5.74, 6) is -0.0309. The van der Waals surface area contributed by atoms with Gasteiger partial charge < -0.3 is 5.11 Å². The number of fused-ring (bicyclic) bond motifs is 4. The molecule has 0 saturated heterocycles. The highest BCUT2D eigenvalue weighted by Gasteiger charge is 2.29. The maximum absolute atomic E-state index is 12.4. The molecular formula is C17H10O2. The summed E-state index contributed by atoms with van der Waals surface area (Å²) in [5, 5.41) is 12.0. The second kappa shape index (κ2) is 3.45. The van der Waals surface area contributed by atoms with Crippen LogP contribution < -0.4 is 0 Å². The van der Waals surface area contributed by atoms with Crippen LogP contribution in [0.15, 0.2) is 54.6 Å². The van der Waals surface area contributed by atoms with Crippen molar-refractivity contribution in [2.45, 2.75) is 0 Å². The molecule has 3 aromatic rings. The van der Waals surface area contributed by atoms with Gasteiger partial charge in [0.1, 0.15) is 5.75 Å². The number of benzene rings is 3. The minimum absolute atomic E-state index is 0.0581. The summed E-state index contributed by atoms with van der Waals surface area (Å²) in [6.45, 7) is 0. The van der Waals surface area contributed by atoms with Crippen molar-refractivity contribution in [3.8, 4) is 16.9 Å². The normalized spacial score (nSPS) is 12.5. The Labute approximate surface area is 109 Å². The molecule has 90 valence electrons. The lowest BCUT2D eigenvalue weighted by molar-refractivity contribution is 0.104. The van der Waals surface area contributed by atoms with Crippen molar-refractivity contribution in [2.24, 2.45) is 0 Å². The second-order valence-electron chi connectivity index (χ2n) is 4.77. The van der Waals surface area contributed by atoms with Gasteiger partial charge in [0.15, 0.2) is 5.78 Å². The smallest absolute Gasteiger partial charge is 0.198 e. The van der Waals surface area contributed by atoms with Crippen molar-refractivity contribution in [1.82, 2.24) is 0 Å². The summed E-state index contributed by atoms with van der Waals surface area (Å²) in [7, 11) is 0. The number of carbonyl (C=O) groups is 1. The predicted molar refractivity (Wildman–Crippen MR) is 74.5 cm³/mol. The van der Waals surface area contributed by atoms with Crippen LogP contribution in [0.1, 0.15) is 15.9 Å². The fourth-order valence-electron chi connectivity index (χ4n) is 2.79. The second-order valence-corrected chi connectivity index (χ2v) is 4.77. The number of hydrogen-bond donors (Lipinski definition) is 1. The number of hydrogen-bond acceptors (Lipinski definition) is 2. The number of phenols is 1. The summed E-state index contributed by atoms with van der Waals surface area (Å²) in [6.07, 6.45) is 0. The van der Waals surface area contributed by atoms with E-state index in [1.54, 1.807) is 12.1 Å². The zero-order valence-corrected chi connectivity index (χ0v) is 10.1. The fraction of sp³-hybridized carbons (Fsp3) is 0. The fourth-order valence-corrected chi connectivity index (χ4v) is 2.79. The van der Waals surface area contributed by atoms with Gasteiger partial charge in [0.2, 0.25) is 0 Å². The van der Waals surface area contributed by atoms with Crippen LogP contribution >= 0.6 is 0 Å². The van der Waals surface area contributed by atoms with E-state index in [9.17, 15) is 9.90 Å². The SMILES string of the molecule is O=C1c2cc3ccccc3cc2-c2cccc(O)c21. The van der Waals surface area contributed by atoms with Crippen LogP contribution in [0.4, 0.5) is 0 Å². The van der Waals surface area contributed by atoms with Crippen molar-refractivity contribution < 1.29 is 9.90 Å². The van der Waals surface area contributed by atoms with Gasteiger partial charge in [0.25, 0.3) is 0 Å². The first-order valence-electron chi connectivity index (χ1n) is 6.15. The zero-order valence-electron chi connectivity index (χ0n) is 10.1. The lowest BCUT2D eigenvalue weighted by atomic mass is 10.0. The maximum Gasteiger partial charge on any atom is 0.198 e.